The molecule has 0 saturated heterocycles. The van der Waals surface area contributed by atoms with E-state index in [1.165, 1.54) is 24.8 Å². The number of carbonyl (C=O) groups is 1. The fourth-order valence-electron chi connectivity index (χ4n) is 2.43. The van der Waals surface area contributed by atoms with Crippen LogP contribution in [0.5, 0.6) is 0 Å². The summed E-state index contributed by atoms with van der Waals surface area (Å²) in [5.41, 5.74) is 1.28. The van der Waals surface area contributed by atoms with E-state index in [1.807, 2.05) is 0 Å². The van der Waals surface area contributed by atoms with Gasteiger partial charge >= 0.3 is 5.97 Å². The minimum atomic E-state index is -0.691. The van der Waals surface area contributed by atoms with Crippen molar-refractivity contribution in [1.82, 2.24) is 0 Å². The summed E-state index contributed by atoms with van der Waals surface area (Å²) in [6.07, 6.45) is 9.98. The highest BCUT2D eigenvalue weighted by molar-refractivity contribution is 5.66. The molecule has 0 spiro atoms. The number of hydrogen-bond acceptors (Lipinski definition) is 2. The molecule has 114 valence electrons. The number of furan rings is 1. The molecule has 0 atom stereocenters. The molecule has 1 aromatic rings. The van der Waals surface area contributed by atoms with Gasteiger partial charge in [-0.2, -0.15) is 0 Å². The molecule has 20 heavy (non-hydrogen) atoms. The van der Waals surface area contributed by atoms with E-state index in [0.717, 1.165) is 50.0 Å². The van der Waals surface area contributed by atoms with E-state index in [1.54, 1.807) is 0 Å². The first-order valence-electron chi connectivity index (χ1n) is 7.93. The van der Waals surface area contributed by atoms with Crippen LogP contribution in [0.1, 0.15) is 75.4 Å². The van der Waals surface area contributed by atoms with Gasteiger partial charge in [0.05, 0.1) is 0 Å². The second-order valence-electron chi connectivity index (χ2n) is 5.58. The van der Waals surface area contributed by atoms with E-state index < -0.39 is 5.97 Å². The van der Waals surface area contributed by atoms with Crippen molar-refractivity contribution < 1.29 is 14.3 Å². The molecule has 3 heteroatoms. The van der Waals surface area contributed by atoms with E-state index >= 15 is 0 Å². The van der Waals surface area contributed by atoms with Crippen LogP contribution in [0.15, 0.2) is 10.5 Å². The highest BCUT2D eigenvalue weighted by Crippen LogP contribution is 2.19. The van der Waals surface area contributed by atoms with Crippen molar-refractivity contribution in [2.24, 2.45) is 0 Å². The highest BCUT2D eigenvalue weighted by Gasteiger charge is 2.07. The Morgan fingerprint density at radius 1 is 1.10 bits per heavy atom. The zero-order chi connectivity index (χ0) is 14.8. The van der Waals surface area contributed by atoms with Crippen molar-refractivity contribution in [3.8, 4) is 0 Å². The molecule has 0 aliphatic rings. The normalized spacial score (nSPS) is 10.9. The maximum Gasteiger partial charge on any atom is 0.303 e. The van der Waals surface area contributed by atoms with Gasteiger partial charge < -0.3 is 9.52 Å². The summed E-state index contributed by atoms with van der Waals surface area (Å²) in [6.45, 7) is 4.34. The van der Waals surface area contributed by atoms with Crippen LogP contribution in [0, 0.1) is 6.92 Å². The summed E-state index contributed by atoms with van der Waals surface area (Å²) < 4.78 is 5.91. The molecule has 0 fully saturated rings. The molecule has 1 heterocycles. The minimum Gasteiger partial charge on any atom is -0.481 e. The van der Waals surface area contributed by atoms with Crippen molar-refractivity contribution in [3.63, 3.8) is 0 Å². The number of hydrogen-bond donors (Lipinski definition) is 1. The second kappa shape index (κ2) is 9.62. The monoisotopic (exact) mass is 280 g/mol. The van der Waals surface area contributed by atoms with E-state index in [-0.39, 0.29) is 0 Å². The van der Waals surface area contributed by atoms with Crippen LogP contribution in [0.4, 0.5) is 0 Å². The summed E-state index contributed by atoms with van der Waals surface area (Å²) >= 11 is 0. The van der Waals surface area contributed by atoms with Crippen LogP contribution >= 0.6 is 0 Å². The predicted octanol–water partition coefficient (Wildman–Crippen LogP) is 4.90. The SMILES string of the molecule is CCCCCc1oc(CCCCCCC(=O)O)cc1C. The fraction of sp³-hybridized carbons (Fsp3) is 0.706. The first kappa shape index (κ1) is 16.8. The highest BCUT2D eigenvalue weighted by atomic mass is 16.4. The molecule has 0 saturated carbocycles. The van der Waals surface area contributed by atoms with Crippen LogP contribution in [-0.4, -0.2) is 11.1 Å². The zero-order valence-corrected chi connectivity index (χ0v) is 12.9. The Hall–Kier alpha value is -1.25. The van der Waals surface area contributed by atoms with Crippen LogP contribution in [0.25, 0.3) is 0 Å². The molecular formula is C17H28O3. The van der Waals surface area contributed by atoms with Crippen LogP contribution < -0.4 is 0 Å². The Bertz CT molecular complexity index is 393. The number of unbranched alkanes of at least 4 members (excludes halogenated alkanes) is 5. The third-order valence-electron chi connectivity index (χ3n) is 3.64. The first-order valence-corrected chi connectivity index (χ1v) is 7.93. The average Bonchev–Trinajstić information content (AvgIpc) is 2.74. The number of aryl methyl sites for hydroxylation is 3. The van der Waals surface area contributed by atoms with Gasteiger partial charge in [0.1, 0.15) is 11.5 Å². The quantitative estimate of drug-likeness (QED) is 0.587. The van der Waals surface area contributed by atoms with Crippen molar-refractivity contribution in [1.29, 1.82) is 0 Å². The molecule has 1 rings (SSSR count). The number of carboxylic acid groups (broad SMARTS) is 1. The summed E-state index contributed by atoms with van der Waals surface area (Å²) in [7, 11) is 0. The standard InChI is InChI=1S/C17H28O3/c1-3-4-7-11-16-14(2)13-15(20-16)10-8-5-6-9-12-17(18)19/h13H,3-12H2,1-2H3,(H,18,19). The molecule has 0 radical (unpaired) electrons. The number of rotatable bonds is 11. The van der Waals surface area contributed by atoms with Gasteiger partial charge in [-0.1, -0.05) is 32.6 Å². The lowest BCUT2D eigenvalue weighted by molar-refractivity contribution is -0.137. The summed E-state index contributed by atoms with van der Waals surface area (Å²) in [6, 6.07) is 2.17. The lowest BCUT2D eigenvalue weighted by Crippen LogP contribution is -1.93. The van der Waals surface area contributed by atoms with E-state index in [2.05, 4.69) is 19.9 Å². The lowest BCUT2D eigenvalue weighted by Gasteiger charge is -1.99. The third-order valence-corrected chi connectivity index (χ3v) is 3.64. The van der Waals surface area contributed by atoms with Gasteiger partial charge in [-0.3, -0.25) is 4.79 Å². The molecule has 0 aliphatic heterocycles. The summed E-state index contributed by atoms with van der Waals surface area (Å²) in [5.74, 6) is 1.55. The van der Waals surface area contributed by atoms with E-state index in [9.17, 15) is 4.79 Å². The van der Waals surface area contributed by atoms with Crippen molar-refractivity contribution in [2.45, 2.75) is 78.1 Å². The van der Waals surface area contributed by atoms with Gasteiger partial charge in [0.25, 0.3) is 0 Å². The molecular weight excluding hydrogens is 252 g/mol. The predicted molar refractivity (Wildman–Crippen MR) is 81.1 cm³/mol. The Kier molecular flexibility index (Phi) is 8.08. The number of aliphatic carboxylic acids is 1. The Morgan fingerprint density at radius 3 is 2.50 bits per heavy atom. The molecule has 0 aliphatic carbocycles. The van der Waals surface area contributed by atoms with Gasteiger partial charge in [-0.05, 0) is 37.8 Å². The van der Waals surface area contributed by atoms with Gasteiger partial charge in [0.2, 0.25) is 0 Å². The average molecular weight is 280 g/mol. The topological polar surface area (TPSA) is 50.4 Å². The van der Waals surface area contributed by atoms with Gasteiger partial charge in [0, 0.05) is 19.3 Å². The van der Waals surface area contributed by atoms with Crippen LogP contribution in [0.2, 0.25) is 0 Å². The summed E-state index contributed by atoms with van der Waals surface area (Å²) in [4.78, 5) is 10.4. The number of carboxylic acids is 1. The smallest absolute Gasteiger partial charge is 0.303 e. The van der Waals surface area contributed by atoms with Gasteiger partial charge in [-0.25, -0.2) is 0 Å². The van der Waals surface area contributed by atoms with Crippen LogP contribution in [-0.2, 0) is 17.6 Å². The molecule has 1 aromatic heterocycles. The van der Waals surface area contributed by atoms with Crippen LogP contribution in [0.3, 0.4) is 0 Å². The molecule has 0 bridgehead atoms. The Morgan fingerprint density at radius 2 is 1.80 bits per heavy atom. The van der Waals surface area contributed by atoms with Crippen molar-refractivity contribution >= 4 is 5.97 Å². The molecule has 0 unspecified atom stereocenters. The first-order chi connectivity index (χ1) is 9.63. The molecule has 3 nitrogen and oxygen atoms in total. The minimum absolute atomic E-state index is 0.293. The Labute approximate surface area is 122 Å². The largest absolute Gasteiger partial charge is 0.481 e. The second-order valence-corrected chi connectivity index (χ2v) is 5.58. The van der Waals surface area contributed by atoms with Crippen molar-refractivity contribution in [3.05, 3.63) is 23.2 Å². The van der Waals surface area contributed by atoms with Crippen molar-refractivity contribution in [2.75, 3.05) is 0 Å². The van der Waals surface area contributed by atoms with E-state index in [4.69, 9.17) is 9.52 Å². The molecule has 1 N–H and O–H groups in total. The zero-order valence-electron chi connectivity index (χ0n) is 12.9. The summed E-state index contributed by atoms with van der Waals surface area (Å²) in [5, 5.41) is 8.55. The fourth-order valence-corrected chi connectivity index (χ4v) is 2.43. The lowest BCUT2D eigenvalue weighted by atomic mass is 10.1. The molecule has 0 amide bonds. The van der Waals surface area contributed by atoms with Gasteiger partial charge in [-0.15, -0.1) is 0 Å². The van der Waals surface area contributed by atoms with E-state index in [0.29, 0.717) is 6.42 Å². The maximum atomic E-state index is 10.4. The Balaban J connectivity index is 2.20. The molecule has 0 aromatic carbocycles. The third kappa shape index (κ3) is 6.78. The van der Waals surface area contributed by atoms with Gasteiger partial charge in [0.15, 0.2) is 0 Å². The maximum absolute atomic E-state index is 10.4.